The normalized spacial score (nSPS) is 22.0. The summed E-state index contributed by atoms with van der Waals surface area (Å²) in [5, 5.41) is 0. The van der Waals surface area contributed by atoms with Crippen molar-refractivity contribution in [3.63, 3.8) is 0 Å². The molecule has 3 heteroatoms. The summed E-state index contributed by atoms with van der Waals surface area (Å²) in [4.78, 5) is 11.1. The van der Waals surface area contributed by atoms with Gasteiger partial charge in [-0.2, -0.15) is 0 Å². The van der Waals surface area contributed by atoms with E-state index in [2.05, 4.69) is 54.9 Å². The fourth-order valence-corrected chi connectivity index (χ4v) is 3.80. The molecule has 0 amide bonds. The Kier molecular flexibility index (Phi) is 4.29. The van der Waals surface area contributed by atoms with Crippen LogP contribution in [0.5, 0.6) is 0 Å². The molecular formula is C18H27N3. The number of benzene rings is 1. The number of nitrogens with one attached hydrogen (secondary N) is 1. The third-order valence-corrected chi connectivity index (χ3v) is 4.82. The van der Waals surface area contributed by atoms with Crippen LogP contribution in [0.2, 0.25) is 0 Å². The minimum Gasteiger partial charge on any atom is -0.341 e. The minimum absolute atomic E-state index is 0.405. The van der Waals surface area contributed by atoms with Crippen molar-refractivity contribution in [1.29, 1.82) is 0 Å². The molecule has 1 aliphatic heterocycles. The van der Waals surface area contributed by atoms with E-state index in [0.29, 0.717) is 18.0 Å². The summed E-state index contributed by atoms with van der Waals surface area (Å²) >= 11 is 0. The van der Waals surface area contributed by atoms with Gasteiger partial charge in [0.25, 0.3) is 0 Å². The van der Waals surface area contributed by atoms with E-state index in [9.17, 15) is 0 Å². The van der Waals surface area contributed by atoms with Crippen LogP contribution in [0, 0.1) is 5.92 Å². The van der Waals surface area contributed by atoms with Gasteiger partial charge in [0.1, 0.15) is 5.82 Å². The molecule has 3 nitrogen and oxygen atoms in total. The highest BCUT2D eigenvalue weighted by Gasteiger charge is 2.32. The van der Waals surface area contributed by atoms with Crippen molar-refractivity contribution in [2.45, 2.75) is 58.5 Å². The summed E-state index contributed by atoms with van der Waals surface area (Å²) in [5.41, 5.74) is 2.24. The first-order valence-corrected chi connectivity index (χ1v) is 8.41. The first kappa shape index (κ1) is 14.6. The number of hydrogen-bond acceptors (Lipinski definition) is 2. The lowest BCUT2D eigenvalue weighted by Crippen LogP contribution is -2.43. The standard InChI is InChI=1S/C18H27N3/c1-4-14-9-7-8-12-21(14)17(13(2)3)18-19-15-10-5-6-11-16(15)20-18/h5-6,10-11,13-14,17H,4,7-9,12H2,1-3H3,(H,19,20). The zero-order chi connectivity index (χ0) is 14.8. The number of likely N-dealkylation sites (tertiary alicyclic amines) is 1. The van der Waals surface area contributed by atoms with Gasteiger partial charge >= 0.3 is 0 Å². The maximum absolute atomic E-state index is 4.88. The Labute approximate surface area is 127 Å². The second-order valence-electron chi connectivity index (χ2n) is 6.62. The van der Waals surface area contributed by atoms with E-state index < -0.39 is 0 Å². The quantitative estimate of drug-likeness (QED) is 0.895. The predicted octanol–water partition coefficient (Wildman–Crippen LogP) is 4.52. The van der Waals surface area contributed by atoms with Gasteiger partial charge in [-0.05, 0) is 43.9 Å². The molecule has 0 radical (unpaired) electrons. The van der Waals surface area contributed by atoms with E-state index in [1.54, 1.807) is 0 Å². The topological polar surface area (TPSA) is 31.9 Å². The van der Waals surface area contributed by atoms with Gasteiger partial charge in [-0.15, -0.1) is 0 Å². The molecule has 1 aromatic heterocycles. The van der Waals surface area contributed by atoms with Crippen LogP contribution in [-0.4, -0.2) is 27.5 Å². The number of hydrogen-bond donors (Lipinski definition) is 1. The average Bonchev–Trinajstić information content (AvgIpc) is 2.90. The third-order valence-electron chi connectivity index (χ3n) is 4.82. The summed E-state index contributed by atoms with van der Waals surface area (Å²) < 4.78 is 0. The smallest absolute Gasteiger partial charge is 0.124 e. The van der Waals surface area contributed by atoms with Crippen LogP contribution >= 0.6 is 0 Å². The fraction of sp³-hybridized carbons (Fsp3) is 0.611. The Morgan fingerprint density at radius 3 is 2.81 bits per heavy atom. The third kappa shape index (κ3) is 2.84. The fourth-order valence-electron chi connectivity index (χ4n) is 3.80. The average molecular weight is 285 g/mol. The number of para-hydroxylation sites is 2. The molecule has 1 aromatic carbocycles. The lowest BCUT2D eigenvalue weighted by Gasteiger charge is -2.42. The summed E-state index contributed by atoms with van der Waals surface area (Å²) in [7, 11) is 0. The second kappa shape index (κ2) is 6.18. The zero-order valence-corrected chi connectivity index (χ0v) is 13.5. The first-order chi connectivity index (χ1) is 10.2. The van der Waals surface area contributed by atoms with E-state index in [1.165, 1.54) is 32.2 Å². The van der Waals surface area contributed by atoms with Crippen molar-refractivity contribution in [3.05, 3.63) is 30.1 Å². The second-order valence-corrected chi connectivity index (χ2v) is 6.62. The number of rotatable bonds is 4. The van der Waals surface area contributed by atoms with Crippen molar-refractivity contribution in [3.8, 4) is 0 Å². The number of nitrogens with zero attached hydrogens (tertiary/aromatic N) is 2. The van der Waals surface area contributed by atoms with Gasteiger partial charge in [0, 0.05) is 6.04 Å². The van der Waals surface area contributed by atoms with Gasteiger partial charge < -0.3 is 4.98 Å². The summed E-state index contributed by atoms with van der Waals surface area (Å²) in [5.74, 6) is 1.71. The summed E-state index contributed by atoms with van der Waals surface area (Å²) in [6.45, 7) is 8.16. The molecule has 2 unspecified atom stereocenters. The maximum atomic E-state index is 4.88. The molecule has 2 heterocycles. The van der Waals surface area contributed by atoms with E-state index in [-0.39, 0.29) is 0 Å². The Bertz CT molecular complexity index is 554. The minimum atomic E-state index is 0.405. The SMILES string of the molecule is CCC1CCCCN1C(c1nc2ccccc2[nH]1)C(C)C. The Morgan fingerprint density at radius 2 is 2.10 bits per heavy atom. The molecule has 21 heavy (non-hydrogen) atoms. The maximum Gasteiger partial charge on any atom is 0.124 e. The molecule has 0 bridgehead atoms. The molecule has 0 spiro atoms. The molecule has 2 aromatic rings. The number of imidazole rings is 1. The Morgan fingerprint density at radius 1 is 1.29 bits per heavy atom. The molecule has 3 rings (SSSR count). The molecule has 0 saturated carbocycles. The number of aromatic nitrogens is 2. The molecule has 1 N–H and O–H groups in total. The molecule has 2 atom stereocenters. The first-order valence-electron chi connectivity index (χ1n) is 8.41. The number of H-pyrrole nitrogens is 1. The van der Waals surface area contributed by atoms with Crippen LogP contribution in [0.15, 0.2) is 24.3 Å². The van der Waals surface area contributed by atoms with Gasteiger partial charge in [0.05, 0.1) is 17.1 Å². The van der Waals surface area contributed by atoms with Crippen LogP contribution in [0.4, 0.5) is 0 Å². The molecule has 0 aliphatic carbocycles. The highest BCUT2D eigenvalue weighted by Crippen LogP contribution is 2.34. The van der Waals surface area contributed by atoms with Gasteiger partial charge in [0.2, 0.25) is 0 Å². The number of fused-ring (bicyclic) bond motifs is 1. The van der Waals surface area contributed by atoms with Crippen molar-refractivity contribution in [2.75, 3.05) is 6.54 Å². The molecule has 114 valence electrons. The van der Waals surface area contributed by atoms with E-state index in [4.69, 9.17) is 4.98 Å². The zero-order valence-electron chi connectivity index (χ0n) is 13.5. The lowest BCUT2D eigenvalue weighted by atomic mass is 9.93. The molecule has 1 aliphatic rings. The van der Waals surface area contributed by atoms with Gasteiger partial charge in [-0.25, -0.2) is 4.98 Å². The van der Waals surface area contributed by atoms with Gasteiger partial charge in [0.15, 0.2) is 0 Å². The number of piperidine rings is 1. The largest absolute Gasteiger partial charge is 0.341 e. The number of aromatic amines is 1. The van der Waals surface area contributed by atoms with Crippen LogP contribution < -0.4 is 0 Å². The van der Waals surface area contributed by atoms with Gasteiger partial charge in [-0.1, -0.05) is 39.3 Å². The van der Waals surface area contributed by atoms with E-state index in [1.807, 2.05) is 0 Å². The van der Waals surface area contributed by atoms with Crippen molar-refractivity contribution < 1.29 is 0 Å². The van der Waals surface area contributed by atoms with Crippen LogP contribution in [0.1, 0.15) is 58.3 Å². The van der Waals surface area contributed by atoms with Crippen LogP contribution in [-0.2, 0) is 0 Å². The predicted molar refractivity (Wildman–Crippen MR) is 88.3 cm³/mol. The summed E-state index contributed by atoms with van der Waals surface area (Å²) in [6, 6.07) is 9.47. The van der Waals surface area contributed by atoms with E-state index >= 15 is 0 Å². The highest BCUT2D eigenvalue weighted by molar-refractivity contribution is 5.74. The Hall–Kier alpha value is -1.35. The molecule has 1 fully saturated rings. The van der Waals surface area contributed by atoms with Crippen LogP contribution in [0.3, 0.4) is 0 Å². The van der Waals surface area contributed by atoms with Crippen molar-refractivity contribution in [2.24, 2.45) is 5.92 Å². The van der Waals surface area contributed by atoms with E-state index in [0.717, 1.165) is 16.9 Å². The highest BCUT2D eigenvalue weighted by atomic mass is 15.2. The lowest BCUT2D eigenvalue weighted by molar-refractivity contribution is 0.0621. The van der Waals surface area contributed by atoms with Crippen molar-refractivity contribution >= 4 is 11.0 Å². The Balaban J connectivity index is 1.96. The van der Waals surface area contributed by atoms with Crippen molar-refractivity contribution in [1.82, 2.24) is 14.9 Å². The molecule has 1 saturated heterocycles. The monoisotopic (exact) mass is 285 g/mol. The molecular weight excluding hydrogens is 258 g/mol. The van der Waals surface area contributed by atoms with Crippen LogP contribution in [0.25, 0.3) is 11.0 Å². The summed E-state index contributed by atoms with van der Waals surface area (Å²) in [6.07, 6.45) is 5.27. The van der Waals surface area contributed by atoms with Gasteiger partial charge in [-0.3, -0.25) is 4.90 Å².